The van der Waals surface area contributed by atoms with Crippen LogP contribution < -0.4 is 4.72 Å². The number of esters is 1. The molecule has 7 heteroatoms. The van der Waals surface area contributed by atoms with Gasteiger partial charge in [-0.2, -0.15) is 0 Å². The van der Waals surface area contributed by atoms with Crippen LogP contribution >= 0.6 is 0 Å². The van der Waals surface area contributed by atoms with Crippen molar-refractivity contribution in [3.63, 3.8) is 0 Å². The Bertz CT molecular complexity index is 360. The second kappa shape index (κ2) is 7.06. The molecule has 0 saturated heterocycles. The fraction of sp³-hybridized carbons (Fsp3) is 0.909. The summed E-state index contributed by atoms with van der Waals surface area (Å²) < 4.78 is 30.1. The van der Waals surface area contributed by atoms with E-state index < -0.39 is 21.7 Å². The van der Waals surface area contributed by atoms with Gasteiger partial charge in [0.2, 0.25) is 10.0 Å². The second-order valence-corrected chi connectivity index (χ2v) is 6.39. The molecule has 106 valence electrons. The van der Waals surface area contributed by atoms with Crippen LogP contribution in [0.5, 0.6) is 0 Å². The molecule has 0 aliphatic heterocycles. The molecule has 1 rings (SSSR count). The maximum absolute atomic E-state index is 11.6. The summed E-state index contributed by atoms with van der Waals surface area (Å²) in [7, 11) is -3.60. The van der Waals surface area contributed by atoms with Gasteiger partial charge >= 0.3 is 5.97 Å². The molecule has 0 atom stereocenters. The fourth-order valence-electron chi connectivity index (χ4n) is 2.00. The summed E-state index contributed by atoms with van der Waals surface area (Å²) in [5.74, 6) is -1.12. The Balaban J connectivity index is 2.31. The zero-order valence-electron chi connectivity index (χ0n) is 10.6. The molecule has 18 heavy (non-hydrogen) atoms. The molecule has 1 fully saturated rings. The van der Waals surface area contributed by atoms with Crippen LogP contribution in [0.2, 0.25) is 0 Å². The van der Waals surface area contributed by atoms with Crippen LogP contribution in [0.1, 0.15) is 32.6 Å². The molecule has 0 aromatic carbocycles. The molecule has 0 bridgehead atoms. The number of aliphatic hydroxyl groups is 1. The molecule has 1 aliphatic carbocycles. The minimum Gasteiger partial charge on any atom is -0.465 e. The molecule has 0 spiro atoms. The number of ether oxygens (including phenoxy) is 1. The van der Waals surface area contributed by atoms with E-state index in [2.05, 4.69) is 9.46 Å². The highest BCUT2D eigenvalue weighted by Crippen LogP contribution is 2.23. The summed E-state index contributed by atoms with van der Waals surface area (Å²) in [6, 6.07) is 0. The topological polar surface area (TPSA) is 92.7 Å². The Morgan fingerprint density at radius 3 is 2.50 bits per heavy atom. The van der Waals surface area contributed by atoms with Crippen molar-refractivity contribution in [1.82, 2.24) is 4.72 Å². The van der Waals surface area contributed by atoms with Crippen molar-refractivity contribution in [3.05, 3.63) is 0 Å². The molecular formula is C11H21NO5S. The number of carbonyl (C=O) groups is 1. The molecule has 0 radical (unpaired) electrons. The molecule has 0 aromatic heterocycles. The van der Waals surface area contributed by atoms with E-state index in [9.17, 15) is 18.3 Å². The third-order valence-electron chi connectivity index (χ3n) is 3.02. The maximum atomic E-state index is 11.6. The van der Waals surface area contributed by atoms with Gasteiger partial charge in [-0.1, -0.05) is 0 Å². The van der Waals surface area contributed by atoms with Crippen molar-refractivity contribution in [2.45, 2.75) is 38.7 Å². The molecule has 0 amide bonds. The van der Waals surface area contributed by atoms with Crippen LogP contribution in [-0.2, 0) is 19.6 Å². The Hall–Kier alpha value is -0.660. The van der Waals surface area contributed by atoms with Crippen molar-refractivity contribution in [2.75, 3.05) is 18.9 Å². The third kappa shape index (κ3) is 5.79. The highest BCUT2D eigenvalue weighted by Gasteiger charge is 2.22. The first kappa shape index (κ1) is 15.4. The molecule has 0 aromatic rings. The van der Waals surface area contributed by atoms with Crippen LogP contribution in [-0.4, -0.2) is 44.5 Å². The van der Waals surface area contributed by atoms with Crippen LogP contribution in [0, 0.1) is 5.92 Å². The molecule has 1 aliphatic rings. The fourth-order valence-corrected chi connectivity index (χ4v) is 2.99. The van der Waals surface area contributed by atoms with Gasteiger partial charge in [-0.05, 0) is 38.5 Å². The van der Waals surface area contributed by atoms with Crippen molar-refractivity contribution in [2.24, 2.45) is 5.92 Å². The van der Waals surface area contributed by atoms with Gasteiger partial charge in [0.05, 0.1) is 12.7 Å². The zero-order valence-corrected chi connectivity index (χ0v) is 11.4. The minimum absolute atomic E-state index is 0.175. The van der Waals surface area contributed by atoms with Crippen LogP contribution in [0.15, 0.2) is 0 Å². The van der Waals surface area contributed by atoms with Crippen LogP contribution in [0.25, 0.3) is 0 Å². The van der Waals surface area contributed by atoms with Gasteiger partial charge in [0.25, 0.3) is 0 Å². The van der Waals surface area contributed by atoms with Crippen molar-refractivity contribution >= 4 is 16.0 Å². The van der Waals surface area contributed by atoms with Gasteiger partial charge in [-0.3, -0.25) is 4.79 Å². The van der Waals surface area contributed by atoms with E-state index in [1.807, 2.05) is 0 Å². The molecule has 1 saturated carbocycles. The first-order valence-electron chi connectivity index (χ1n) is 6.24. The van der Waals surface area contributed by atoms with Crippen LogP contribution in [0.4, 0.5) is 0 Å². The number of hydrogen-bond donors (Lipinski definition) is 2. The Labute approximate surface area is 108 Å². The van der Waals surface area contributed by atoms with Gasteiger partial charge in [0, 0.05) is 6.54 Å². The Morgan fingerprint density at radius 1 is 1.33 bits per heavy atom. The lowest BCUT2D eigenvalue weighted by Gasteiger charge is -2.25. The molecule has 0 unspecified atom stereocenters. The summed E-state index contributed by atoms with van der Waals surface area (Å²) in [5, 5.41) is 9.33. The van der Waals surface area contributed by atoms with Crippen LogP contribution in [0.3, 0.4) is 0 Å². The summed E-state index contributed by atoms with van der Waals surface area (Å²) in [6.45, 7) is 2.13. The lowest BCUT2D eigenvalue weighted by atomic mass is 9.88. The highest BCUT2D eigenvalue weighted by atomic mass is 32.2. The normalized spacial score (nSPS) is 24.8. The van der Waals surface area contributed by atoms with Gasteiger partial charge in [-0.15, -0.1) is 0 Å². The SMILES string of the molecule is CCOC(=O)CS(=O)(=O)NCC1CCC(O)CC1. The Kier molecular flexibility index (Phi) is 6.04. The van der Waals surface area contributed by atoms with Gasteiger partial charge in [0.15, 0.2) is 5.75 Å². The first-order valence-corrected chi connectivity index (χ1v) is 7.89. The smallest absolute Gasteiger partial charge is 0.322 e. The predicted octanol–water partition coefficient (Wildman–Crippen LogP) is 0.0200. The number of carbonyl (C=O) groups excluding carboxylic acids is 1. The van der Waals surface area contributed by atoms with Crippen molar-refractivity contribution in [3.8, 4) is 0 Å². The quantitative estimate of drug-likeness (QED) is 0.669. The predicted molar refractivity (Wildman–Crippen MR) is 66.4 cm³/mol. The lowest BCUT2D eigenvalue weighted by molar-refractivity contribution is -0.139. The summed E-state index contributed by atoms with van der Waals surface area (Å²) >= 11 is 0. The third-order valence-corrected chi connectivity index (χ3v) is 4.24. The molecule has 0 heterocycles. The largest absolute Gasteiger partial charge is 0.465 e. The summed E-state index contributed by atoms with van der Waals surface area (Å²) in [6.07, 6.45) is 2.79. The van der Waals surface area contributed by atoms with E-state index >= 15 is 0 Å². The van der Waals surface area contributed by atoms with Crippen molar-refractivity contribution in [1.29, 1.82) is 0 Å². The number of sulfonamides is 1. The number of rotatable bonds is 6. The summed E-state index contributed by atoms with van der Waals surface area (Å²) in [5.41, 5.74) is 0. The molecule has 6 nitrogen and oxygen atoms in total. The van der Waals surface area contributed by atoms with Gasteiger partial charge < -0.3 is 9.84 Å². The number of nitrogens with one attached hydrogen (secondary N) is 1. The average Bonchev–Trinajstić information content (AvgIpc) is 2.28. The second-order valence-electron chi connectivity index (χ2n) is 4.59. The van der Waals surface area contributed by atoms with E-state index in [1.54, 1.807) is 6.92 Å². The van der Waals surface area contributed by atoms with Crippen molar-refractivity contribution < 1.29 is 23.1 Å². The monoisotopic (exact) mass is 279 g/mol. The van der Waals surface area contributed by atoms with E-state index in [0.717, 1.165) is 12.8 Å². The lowest BCUT2D eigenvalue weighted by Crippen LogP contribution is -2.35. The summed E-state index contributed by atoms with van der Waals surface area (Å²) in [4.78, 5) is 11.1. The van der Waals surface area contributed by atoms with Gasteiger partial charge in [-0.25, -0.2) is 13.1 Å². The average molecular weight is 279 g/mol. The van der Waals surface area contributed by atoms with E-state index in [-0.39, 0.29) is 18.6 Å². The number of hydrogen-bond acceptors (Lipinski definition) is 5. The van der Waals surface area contributed by atoms with E-state index in [1.165, 1.54) is 0 Å². The van der Waals surface area contributed by atoms with E-state index in [4.69, 9.17) is 0 Å². The number of aliphatic hydroxyl groups excluding tert-OH is 1. The maximum Gasteiger partial charge on any atom is 0.322 e. The first-order chi connectivity index (χ1) is 8.43. The Morgan fingerprint density at radius 2 is 1.94 bits per heavy atom. The molecule has 2 N–H and O–H groups in total. The van der Waals surface area contributed by atoms with Gasteiger partial charge in [0.1, 0.15) is 0 Å². The standard InChI is InChI=1S/C11H21NO5S/c1-2-17-11(14)8-18(15,16)12-7-9-3-5-10(13)6-4-9/h9-10,12-13H,2-8H2,1H3. The highest BCUT2D eigenvalue weighted by molar-refractivity contribution is 7.90. The zero-order chi connectivity index (χ0) is 13.6. The minimum atomic E-state index is -3.60. The molecular weight excluding hydrogens is 258 g/mol. The van der Waals surface area contributed by atoms with E-state index in [0.29, 0.717) is 19.4 Å².